The monoisotopic (exact) mass is 392 g/mol. The summed E-state index contributed by atoms with van der Waals surface area (Å²) in [5.74, 6) is 0.301. The molecule has 0 spiro atoms. The fourth-order valence-corrected chi connectivity index (χ4v) is 3.66. The summed E-state index contributed by atoms with van der Waals surface area (Å²) in [6.07, 6.45) is 2.25. The van der Waals surface area contributed by atoms with E-state index in [1.807, 2.05) is 41.9 Å². The van der Waals surface area contributed by atoms with Gasteiger partial charge in [0, 0.05) is 30.0 Å². The Morgan fingerprint density at radius 2 is 2.00 bits per heavy atom. The predicted octanol–water partition coefficient (Wildman–Crippen LogP) is 4.77. The van der Waals surface area contributed by atoms with Gasteiger partial charge >= 0.3 is 0 Å². The molecule has 6 nitrogen and oxygen atoms in total. The van der Waals surface area contributed by atoms with E-state index in [0.717, 1.165) is 46.5 Å². The van der Waals surface area contributed by atoms with Gasteiger partial charge in [0.2, 0.25) is 0 Å². The molecule has 0 unspecified atom stereocenters. The number of hydrogen-bond acceptors (Lipinski definition) is 4. The smallest absolute Gasteiger partial charge is 0.256 e. The minimum atomic E-state index is -0.222. The first-order valence-electron chi connectivity index (χ1n) is 10.1. The Kier molecular flexibility index (Phi) is 4.90. The number of para-hydroxylation sites is 1. The van der Waals surface area contributed by atoms with E-state index in [4.69, 9.17) is 14.8 Å². The zero-order valence-corrected chi connectivity index (χ0v) is 17.7. The Hall–Kier alpha value is -2.73. The molecule has 6 heteroatoms. The molecule has 3 aromatic rings. The van der Waals surface area contributed by atoms with Gasteiger partial charge in [-0.05, 0) is 52.7 Å². The fraction of sp³-hybridized carbons (Fsp3) is 0.435. The van der Waals surface area contributed by atoms with Gasteiger partial charge < -0.3 is 10.1 Å². The van der Waals surface area contributed by atoms with Crippen LogP contribution in [0.3, 0.4) is 0 Å². The Bertz CT molecular complexity index is 1070. The molecule has 1 fully saturated rings. The third-order valence-corrected chi connectivity index (χ3v) is 5.27. The Morgan fingerprint density at radius 3 is 2.66 bits per heavy atom. The number of carbonyl (C=O) groups is 1. The van der Waals surface area contributed by atoms with Crippen LogP contribution in [-0.2, 0) is 16.9 Å². The lowest BCUT2D eigenvalue weighted by atomic mass is 10.1. The minimum Gasteiger partial charge on any atom is -0.380 e. The maximum absolute atomic E-state index is 13.4. The van der Waals surface area contributed by atoms with Crippen molar-refractivity contribution in [2.24, 2.45) is 0 Å². The van der Waals surface area contributed by atoms with Crippen molar-refractivity contribution in [3.8, 4) is 0 Å². The standard InChI is InChI=1S/C23H28N4O2/c1-14-20-17(22(28)25-18-9-7-6-8-16(18)13-29-5)12-19(15-10-11-15)24-21(20)27(26-14)23(2,3)4/h6-9,12,15H,10-11,13H2,1-5H3,(H,25,28). The van der Waals surface area contributed by atoms with E-state index < -0.39 is 0 Å². The number of nitrogens with one attached hydrogen (secondary N) is 1. The molecule has 29 heavy (non-hydrogen) atoms. The molecule has 0 aliphatic heterocycles. The highest BCUT2D eigenvalue weighted by Crippen LogP contribution is 2.41. The molecule has 0 bridgehead atoms. The first-order valence-corrected chi connectivity index (χ1v) is 10.1. The number of carbonyl (C=O) groups excluding carboxylic acids is 1. The number of nitrogens with zero attached hydrogens (tertiary/aromatic N) is 3. The van der Waals surface area contributed by atoms with Gasteiger partial charge in [0.25, 0.3) is 5.91 Å². The molecule has 1 saturated carbocycles. The van der Waals surface area contributed by atoms with Crippen molar-refractivity contribution in [3.63, 3.8) is 0 Å². The van der Waals surface area contributed by atoms with Crippen molar-refractivity contribution in [2.45, 2.75) is 58.6 Å². The third kappa shape index (κ3) is 3.77. The molecule has 1 amide bonds. The SMILES string of the molecule is COCc1ccccc1NC(=O)c1cc(C2CC2)nc2c1c(C)nn2C(C)(C)C. The molecule has 2 heterocycles. The quantitative estimate of drug-likeness (QED) is 0.679. The van der Waals surface area contributed by atoms with E-state index in [1.54, 1.807) is 7.11 Å². The van der Waals surface area contributed by atoms with Crippen LogP contribution in [0.2, 0.25) is 0 Å². The number of ether oxygens (including phenoxy) is 1. The summed E-state index contributed by atoms with van der Waals surface area (Å²) in [7, 11) is 1.65. The average Bonchev–Trinajstić information content (AvgIpc) is 3.46. The van der Waals surface area contributed by atoms with Crippen molar-refractivity contribution in [1.29, 1.82) is 0 Å². The Labute approximate surface area is 171 Å². The highest BCUT2D eigenvalue weighted by Gasteiger charge is 2.30. The first kappa shape index (κ1) is 19.6. The summed E-state index contributed by atoms with van der Waals surface area (Å²) in [5, 5.41) is 8.64. The zero-order valence-electron chi connectivity index (χ0n) is 17.7. The third-order valence-electron chi connectivity index (χ3n) is 5.27. The maximum Gasteiger partial charge on any atom is 0.256 e. The number of aryl methyl sites for hydroxylation is 1. The van der Waals surface area contributed by atoms with Gasteiger partial charge in [-0.25, -0.2) is 9.67 Å². The molecule has 152 valence electrons. The number of hydrogen-bond donors (Lipinski definition) is 1. The molecule has 1 N–H and O–H groups in total. The van der Waals surface area contributed by atoms with Crippen LogP contribution in [0.15, 0.2) is 30.3 Å². The van der Waals surface area contributed by atoms with E-state index in [1.165, 1.54) is 0 Å². The number of fused-ring (bicyclic) bond motifs is 1. The minimum absolute atomic E-state index is 0.139. The van der Waals surface area contributed by atoms with E-state index in [-0.39, 0.29) is 11.4 Å². The topological polar surface area (TPSA) is 69.0 Å². The lowest BCUT2D eigenvalue weighted by molar-refractivity contribution is 0.102. The summed E-state index contributed by atoms with van der Waals surface area (Å²) < 4.78 is 7.21. The predicted molar refractivity (Wildman–Crippen MR) is 114 cm³/mol. The van der Waals surface area contributed by atoms with Crippen molar-refractivity contribution in [2.75, 3.05) is 12.4 Å². The maximum atomic E-state index is 13.4. The van der Waals surface area contributed by atoms with Gasteiger partial charge in [0.05, 0.1) is 28.8 Å². The lowest BCUT2D eigenvalue weighted by Crippen LogP contribution is -2.24. The summed E-state index contributed by atoms with van der Waals surface area (Å²) in [5.41, 5.74) is 4.71. The number of anilines is 1. The van der Waals surface area contributed by atoms with E-state index in [2.05, 4.69) is 26.1 Å². The summed E-state index contributed by atoms with van der Waals surface area (Å²) in [4.78, 5) is 18.3. The van der Waals surface area contributed by atoms with Crippen molar-refractivity contribution < 1.29 is 9.53 Å². The molecule has 2 aromatic heterocycles. The second-order valence-corrected chi connectivity index (χ2v) is 8.78. The fourth-order valence-electron chi connectivity index (χ4n) is 3.66. The zero-order chi connectivity index (χ0) is 20.8. The number of aromatic nitrogens is 3. The Balaban J connectivity index is 1.82. The van der Waals surface area contributed by atoms with Crippen molar-refractivity contribution in [3.05, 3.63) is 52.8 Å². The van der Waals surface area contributed by atoms with Crippen LogP contribution in [0.4, 0.5) is 5.69 Å². The van der Waals surface area contributed by atoms with Gasteiger partial charge in [-0.15, -0.1) is 0 Å². The second-order valence-electron chi connectivity index (χ2n) is 8.78. The van der Waals surface area contributed by atoms with Crippen LogP contribution in [0.1, 0.15) is 66.8 Å². The van der Waals surface area contributed by atoms with Crippen LogP contribution >= 0.6 is 0 Å². The summed E-state index contributed by atoms with van der Waals surface area (Å²) in [6.45, 7) is 8.69. The van der Waals surface area contributed by atoms with Crippen LogP contribution in [0.25, 0.3) is 11.0 Å². The van der Waals surface area contributed by atoms with Crippen molar-refractivity contribution in [1.82, 2.24) is 14.8 Å². The van der Waals surface area contributed by atoms with Crippen LogP contribution in [-0.4, -0.2) is 27.8 Å². The molecule has 4 rings (SSSR count). The highest BCUT2D eigenvalue weighted by molar-refractivity contribution is 6.13. The largest absolute Gasteiger partial charge is 0.380 e. The van der Waals surface area contributed by atoms with E-state index in [9.17, 15) is 4.79 Å². The summed E-state index contributed by atoms with van der Waals surface area (Å²) in [6, 6.07) is 9.67. The van der Waals surface area contributed by atoms with E-state index >= 15 is 0 Å². The molecule has 0 radical (unpaired) electrons. The molecule has 0 atom stereocenters. The number of benzene rings is 1. The summed E-state index contributed by atoms with van der Waals surface area (Å²) >= 11 is 0. The molecule has 1 aliphatic rings. The molecule has 1 aromatic carbocycles. The van der Waals surface area contributed by atoms with E-state index in [0.29, 0.717) is 18.1 Å². The highest BCUT2D eigenvalue weighted by atomic mass is 16.5. The van der Waals surface area contributed by atoms with Gasteiger partial charge in [-0.1, -0.05) is 18.2 Å². The van der Waals surface area contributed by atoms with Crippen molar-refractivity contribution >= 4 is 22.6 Å². The number of rotatable bonds is 5. The molecular weight excluding hydrogens is 364 g/mol. The normalized spacial score (nSPS) is 14.4. The number of methoxy groups -OCH3 is 1. The molecule has 0 saturated heterocycles. The molecular formula is C23H28N4O2. The number of amides is 1. The van der Waals surface area contributed by atoms with Gasteiger partial charge in [-0.2, -0.15) is 5.10 Å². The van der Waals surface area contributed by atoms with Crippen LogP contribution in [0.5, 0.6) is 0 Å². The second kappa shape index (κ2) is 7.26. The molecule has 1 aliphatic carbocycles. The van der Waals surface area contributed by atoms with Gasteiger partial charge in [-0.3, -0.25) is 4.79 Å². The van der Waals surface area contributed by atoms with Gasteiger partial charge in [0.1, 0.15) is 0 Å². The Morgan fingerprint density at radius 1 is 1.28 bits per heavy atom. The lowest BCUT2D eigenvalue weighted by Gasteiger charge is -2.20. The van der Waals surface area contributed by atoms with Gasteiger partial charge in [0.15, 0.2) is 5.65 Å². The number of pyridine rings is 1. The average molecular weight is 393 g/mol. The first-order chi connectivity index (χ1) is 13.8. The van der Waals surface area contributed by atoms with Crippen LogP contribution < -0.4 is 5.32 Å². The van der Waals surface area contributed by atoms with Crippen LogP contribution in [0, 0.1) is 6.92 Å².